The van der Waals surface area contributed by atoms with Crippen molar-refractivity contribution >= 4 is 11.6 Å². The maximum Gasteiger partial charge on any atom is 0.0360 e. The number of piperidine rings is 1. The van der Waals surface area contributed by atoms with E-state index in [1.807, 2.05) is 0 Å². The van der Waals surface area contributed by atoms with Crippen molar-refractivity contribution in [3.63, 3.8) is 0 Å². The molecule has 2 heteroatoms. The molecule has 0 N–H and O–H groups in total. The van der Waals surface area contributed by atoms with Crippen molar-refractivity contribution in [3.8, 4) is 0 Å². The molecule has 2 rings (SSSR count). The lowest BCUT2D eigenvalue weighted by Crippen LogP contribution is -2.41. The first-order chi connectivity index (χ1) is 6.86. The van der Waals surface area contributed by atoms with E-state index >= 15 is 0 Å². The van der Waals surface area contributed by atoms with Crippen molar-refractivity contribution in [3.05, 3.63) is 0 Å². The van der Waals surface area contributed by atoms with Gasteiger partial charge in [0.2, 0.25) is 0 Å². The highest BCUT2D eigenvalue weighted by atomic mass is 35.5. The van der Waals surface area contributed by atoms with E-state index in [1.165, 1.54) is 64.5 Å². The van der Waals surface area contributed by atoms with Crippen molar-refractivity contribution in [2.75, 3.05) is 13.1 Å². The van der Waals surface area contributed by atoms with Crippen LogP contribution in [0.1, 0.15) is 51.4 Å². The van der Waals surface area contributed by atoms with Crippen molar-refractivity contribution in [2.45, 2.75) is 62.8 Å². The van der Waals surface area contributed by atoms with E-state index in [1.54, 1.807) is 0 Å². The van der Waals surface area contributed by atoms with Gasteiger partial charge in [-0.25, -0.2) is 0 Å². The standard InChI is InChI=1S/C12H22ClN/c13-11-7-9-14(10-8-11)12-5-3-1-2-4-6-12/h11-12H,1-10H2. The predicted molar refractivity (Wildman–Crippen MR) is 61.9 cm³/mol. The van der Waals surface area contributed by atoms with Gasteiger partial charge in [-0.2, -0.15) is 0 Å². The third kappa shape index (κ3) is 2.87. The molecule has 0 spiro atoms. The summed E-state index contributed by atoms with van der Waals surface area (Å²) in [6.45, 7) is 2.50. The fourth-order valence-corrected chi connectivity index (χ4v) is 3.05. The maximum atomic E-state index is 6.13. The summed E-state index contributed by atoms with van der Waals surface area (Å²) in [7, 11) is 0. The Balaban J connectivity index is 1.81. The van der Waals surface area contributed by atoms with E-state index in [-0.39, 0.29) is 0 Å². The van der Waals surface area contributed by atoms with E-state index in [0.717, 1.165) is 6.04 Å². The highest BCUT2D eigenvalue weighted by molar-refractivity contribution is 6.20. The minimum absolute atomic E-state index is 0.456. The Morgan fingerprint density at radius 3 is 1.93 bits per heavy atom. The van der Waals surface area contributed by atoms with Crippen LogP contribution in [0, 0.1) is 0 Å². The number of likely N-dealkylation sites (tertiary alicyclic amines) is 1. The van der Waals surface area contributed by atoms with E-state index in [9.17, 15) is 0 Å². The molecule has 0 unspecified atom stereocenters. The Morgan fingerprint density at radius 1 is 0.786 bits per heavy atom. The normalized spacial score (nSPS) is 28.9. The molecule has 0 aromatic rings. The quantitative estimate of drug-likeness (QED) is 0.479. The second-order valence-corrected chi connectivity index (χ2v) is 5.47. The van der Waals surface area contributed by atoms with Crippen LogP contribution in [-0.4, -0.2) is 29.4 Å². The molecule has 1 saturated carbocycles. The Hall–Kier alpha value is 0.250. The van der Waals surface area contributed by atoms with Crippen molar-refractivity contribution < 1.29 is 0 Å². The van der Waals surface area contributed by atoms with Crippen LogP contribution < -0.4 is 0 Å². The van der Waals surface area contributed by atoms with Crippen LogP contribution in [0.3, 0.4) is 0 Å². The first-order valence-corrected chi connectivity index (χ1v) is 6.68. The second-order valence-electron chi connectivity index (χ2n) is 4.86. The molecule has 1 aliphatic heterocycles. The molecule has 0 bridgehead atoms. The second kappa shape index (κ2) is 5.37. The molecule has 1 aliphatic carbocycles. The van der Waals surface area contributed by atoms with Gasteiger partial charge >= 0.3 is 0 Å². The molecule has 1 saturated heterocycles. The SMILES string of the molecule is ClC1CCN(C2CCCCCC2)CC1. The first-order valence-electron chi connectivity index (χ1n) is 6.24. The monoisotopic (exact) mass is 215 g/mol. The lowest BCUT2D eigenvalue weighted by Gasteiger charge is -2.35. The Kier molecular flexibility index (Phi) is 4.12. The summed E-state index contributed by atoms with van der Waals surface area (Å²) in [5.41, 5.74) is 0. The third-order valence-corrected chi connectivity index (χ3v) is 4.24. The van der Waals surface area contributed by atoms with E-state index in [2.05, 4.69) is 4.90 Å². The summed E-state index contributed by atoms with van der Waals surface area (Å²) in [6, 6.07) is 0.890. The first kappa shape index (κ1) is 10.8. The number of hydrogen-bond donors (Lipinski definition) is 0. The van der Waals surface area contributed by atoms with Crippen LogP contribution in [0.15, 0.2) is 0 Å². The third-order valence-electron chi connectivity index (χ3n) is 3.80. The average Bonchev–Trinajstić information content (AvgIpc) is 2.47. The number of hydrogen-bond acceptors (Lipinski definition) is 1. The molecular formula is C12H22ClN. The van der Waals surface area contributed by atoms with Crippen molar-refractivity contribution in [1.29, 1.82) is 0 Å². The smallest absolute Gasteiger partial charge is 0.0360 e. The lowest BCUT2D eigenvalue weighted by atomic mass is 10.0. The van der Waals surface area contributed by atoms with Gasteiger partial charge in [0, 0.05) is 11.4 Å². The van der Waals surface area contributed by atoms with E-state index in [0.29, 0.717) is 5.38 Å². The Bertz CT molecular complexity index is 156. The fourth-order valence-electron chi connectivity index (χ4n) is 2.86. The molecule has 0 aromatic carbocycles. The molecule has 0 radical (unpaired) electrons. The average molecular weight is 216 g/mol. The summed E-state index contributed by atoms with van der Waals surface area (Å²) in [5.74, 6) is 0. The van der Waals surface area contributed by atoms with Gasteiger partial charge < -0.3 is 4.90 Å². The summed E-state index contributed by atoms with van der Waals surface area (Å²) in [5, 5.41) is 0.456. The summed E-state index contributed by atoms with van der Waals surface area (Å²) < 4.78 is 0. The fraction of sp³-hybridized carbons (Fsp3) is 1.00. The zero-order valence-electron chi connectivity index (χ0n) is 9.05. The molecular weight excluding hydrogens is 194 g/mol. The van der Waals surface area contributed by atoms with Crippen LogP contribution in [0.2, 0.25) is 0 Å². The molecule has 14 heavy (non-hydrogen) atoms. The van der Waals surface area contributed by atoms with Crippen LogP contribution >= 0.6 is 11.6 Å². The molecule has 2 fully saturated rings. The summed E-state index contributed by atoms with van der Waals surface area (Å²) >= 11 is 6.13. The molecule has 1 nitrogen and oxygen atoms in total. The molecule has 1 heterocycles. The summed E-state index contributed by atoms with van der Waals surface area (Å²) in [6.07, 6.45) is 11.1. The van der Waals surface area contributed by atoms with Crippen molar-refractivity contribution in [1.82, 2.24) is 4.90 Å². The highest BCUT2D eigenvalue weighted by Gasteiger charge is 2.24. The van der Waals surface area contributed by atoms with Gasteiger partial charge in [-0.3, -0.25) is 0 Å². The zero-order chi connectivity index (χ0) is 9.80. The van der Waals surface area contributed by atoms with Gasteiger partial charge in [-0.1, -0.05) is 25.7 Å². The van der Waals surface area contributed by atoms with Gasteiger partial charge in [0.05, 0.1) is 0 Å². The van der Waals surface area contributed by atoms with Gasteiger partial charge in [0.25, 0.3) is 0 Å². The maximum absolute atomic E-state index is 6.13. The van der Waals surface area contributed by atoms with E-state index in [4.69, 9.17) is 11.6 Å². The number of nitrogens with zero attached hydrogens (tertiary/aromatic N) is 1. The zero-order valence-corrected chi connectivity index (χ0v) is 9.81. The number of alkyl halides is 1. The molecule has 0 atom stereocenters. The number of rotatable bonds is 1. The molecule has 0 aromatic heterocycles. The van der Waals surface area contributed by atoms with Crippen LogP contribution in [-0.2, 0) is 0 Å². The molecule has 82 valence electrons. The van der Waals surface area contributed by atoms with Crippen LogP contribution in [0.4, 0.5) is 0 Å². The summed E-state index contributed by atoms with van der Waals surface area (Å²) in [4.78, 5) is 2.70. The molecule has 0 amide bonds. The van der Waals surface area contributed by atoms with Gasteiger partial charge in [-0.05, 0) is 38.8 Å². The Labute approximate surface area is 92.8 Å². The minimum Gasteiger partial charge on any atom is -0.300 e. The molecule has 2 aliphatic rings. The minimum atomic E-state index is 0.456. The van der Waals surface area contributed by atoms with Crippen LogP contribution in [0.5, 0.6) is 0 Å². The topological polar surface area (TPSA) is 3.24 Å². The highest BCUT2D eigenvalue weighted by Crippen LogP contribution is 2.25. The van der Waals surface area contributed by atoms with Gasteiger partial charge in [0.15, 0.2) is 0 Å². The lowest BCUT2D eigenvalue weighted by molar-refractivity contribution is 0.151. The van der Waals surface area contributed by atoms with Crippen LogP contribution in [0.25, 0.3) is 0 Å². The van der Waals surface area contributed by atoms with E-state index < -0.39 is 0 Å². The predicted octanol–water partition coefficient (Wildman–Crippen LogP) is 3.41. The number of halogens is 1. The largest absolute Gasteiger partial charge is 0.300 e. The van der Waals surface area contributed by atoms with Crippen molar-refractivity contribution in [2.24, 2.45) is 0 Å². The van der Waals surface area contributed by atoms with Gasteiger partial charge in [-0.15, -0.1) is 11.6 Å². The Morgan fingerprint density at radius 2 is 1.36 bits per heavy atom. The van der Waals surface area contributed by atoms with Gasteiger partial charge in [0.1, 0.15) is 0 Å².